The molecule has 196 valence electrons. The zero-order valence-corrected chi connectivity index (χ0v) is 22.6. The van der Waals surface area contributed by atoms with Gasteiger partial charge in [0, 0.05) is 16.1 Å². The molecule has 6 atom stereocenters. The SMILES string of the molecule is CC[C@@H](CO)N1C(=O)[C@@H]2[C@H](C(=O)Nc3ccccc3)[C@]3(C)CCC2(S3)C1C(=O)Nc1c(C)cccc1C. The summed E-state index contributed by atoms with van der Waals surface area (Å²) in [6.07, 6.45) is 1.93. The zero-order chi connectivity index (χ0) is 26.5. The Hall–Kier alpha value is -2.84. The van der Waals surface area contributed by atoms with Gasteiger partial charge in [0.15, 0.2) is 0 Å². The molecule has 2 unspecified atom stereocenters. The van der Waals surface area contributed by atoms with Crippen LogP contribution in [0.3, 0.4) is 0 Å². The molecule has 3 saturated heterocycles. The van der Waals surface area contributed by atoms with Gasteiger partial charge in [-0.25, -0.2) is 0 Å². The number of hydrogen-bond acceptors (Lipinski definition) is 5. The summed E-state index contributed by atoms with van der Waals surface area (Å²) in [4.78, 5) is 43.6. The lowest BCUT2D eigenvalue weighted by Gasteiger charge is -2.37. The summed E-state index contributed by atoms with van der Waals surface area (Å²) >= 11 is 1.63. The fourth-order valence-electron chi connectivity index (χ4n) is 6.82. The van der Waals surface area contributed by atoms with Crippen LogP contribution in [0.4, 0.5) is 11.4 Å². The van der Waals surface area contributed by atoms with E-state index < -0.39 is 33.4 Å². The van der Waals surface area contributed by atoms with Crippen LogP contribution in [0.15, 0.2) is 48.5 Å². The molecule has 2 bridgehead atoms. The van der Waals surface area contributed by atoms with Gasteiger partial charge in [-0.15, -0.1) is 11.8 Å². The van der Waals surface area contributed by atoms with Gasteiger partial charge in [0.25, 0.3) is 0 Å². The van der Waals surface area contributed by atoms with Crippen LogP contribution in [0.5, 0.6) is 0 Å². The molecule has 7 nitrogen and oxygen atoms in total. The van der Waals surface area contributed by atoms with Gasteiger partial charge in [0.1, 0.15) is 6.04 Å². The maximum Gasteiger partial charge on any atom is 0.248 e. The Morgan fingerprint density at radius 1 is 1.05 bits per heavy atom. The van der Waals surface area contributed by atoms with Crippen LogP contribution >= 0.6 is 11.8 Å². The van der Waals surface area contributed by atoms with E-state index in [9.17, 15) is 19.5 Å². The molecule has 2 aromatic carbocycles. The number of carbonyl (C=O) groups is 3. The summed E-state index contributed by atoms with van der Waals surface area (Å²) in [6, 6.07) is 13.8. The molecular weight excluding hydrogens is 486 g/mol. The minimum atomic E-state index is -0.776. The Morgan fingerprint density at radius 3 is 2.35 bits per heavy atom. The van der Waals surface area contributed by atoms with Crippen molar-refractivity contribution in [2.75, 3.05) is 17.2 Å². The number of rotatable bonds is 7. The molecule has 37 heavy (non-hydrogen) atoms. The number of fused-ring (bicyclic) bond motifs is 1. The Morgan fingerprint density at radius 2 is 1.73 bits per heavy atom. The number of likely N-dealkylation sites (tertiary alicyclic amines) is 1. The predicted molar refractivity (Wildman–Crippen MR) is 146 cm³/mol. The van der Waals surface area contributed by atoms with Crippen molar-refractivity contribution >= 4 is 40.9 Å². The van der Waals surface area contributed by atoms with E-state index in [0.29, 0.717) is 18.5 Å². The van der Waals surface area contributed by atoms with Gasteiger partial charge in [-0.05, 0) is 63.3 Å². The third-order valence-corrected chi connectivity index (χ3v) is 10.6. The van der Waals surface area contributed by atoms with Gasteiger partial charge < -0.3 is 20.6 Å². The molecule has 3 N–H and O–H groups in total. The number of para-hydroxylation sites is 2. The molecule has 3 fully saturated rings. The van der Waals surface area contributed by atoms with Crippen LogP contribution in [0, 0.1) is 25.7 Å². The van der Waals surface area contributed by atoms with E-state index in [-0.39, 0.29) is 24.3 Å². The van der Waals surface area contributed by atoms with Crippen LogP contribution in [0.1, 0.15) is 44.2 Å². The maximum atomic E-state index is 14.2. The minimum absolute atomic E-state index is 0.186. The maximum absolute atomic E-state index is 14.2. The summed E-state index contributed by atoms with van der Waals surface area (Å²) < 4.78 is -1.18. The first-order valence-corrected chi connectivity index (χ1v) is 13.8. The van der Waals surface area contributed by atoms with Crippen LogP contribution in [-0.2, 0) is 14.4 Å². The van der Waals surface area contributed by atoms with Crippen LogP contribution in [0.2, 0.25) is 0 Å². The Labute approximate surface area is 222 Å². The molecule has 5 rings (SSSR count). The molecule has 1 spiro atoms. The van der Waals surface area contributed by atoms with Crippen molar-refractivity contribution < 1.29 is 19.5 Å². The van der Waals surface area contributed by atoms with Crippen molar-refractivity contribution in [2.24, 2.45) is 11.8 Å². The van der Waals surface area contributed by atoms with Crippen molar-refractivity contribution in [1.29, 1.82) is 0 Å². The molecule has 3 aliphatic rings. The highest BCUT2D eigenvalue weighted by Crippen LogP contribution is 2.71. The second kappa shape index (κ2) is 9.48. The lowest BCUT2D eigenvalue weighted by molar-refractivity contribution is -0.141. The first-order valence-electron chi connectivity index (χ1n) is 13.0. The number of hydrogen-bond donors (Lipinski definition) is 3. The van der Waals surface area contributed by atoms with Crippen LogP contribution in [0.25, 0.3) is 0 Å². The number of amides is 3. The second-order valence-corrected chi connectivity index (χ2v) is 12.7. The number of benzene rings is 2. The van der Waals surface area contributed by atoms with Gasteiger partial charge >= 0.3 is 0 Å². The van der Waals surface area contributed by atoms with Gasteiger partial charge in [0.2, 0.25) is 17.7 Å². The summed E-state index contributed by atoms with van der Waals surface area (Å²) in [5, 5.41) is 16.4. The number of anilines is 2. The molecule has 0 saturated carbocycles. The molecule has 3 amide bonds. The first-order chi connectivity index (χ1) is 17.7. The van der Waals surface area contributed by atoms with Gasteiger partial charge in [0.05, 0.1) is 29.2 Å². The topological polar surface area (TPSA) is 98.7 Å². The van der Waals surface area contributed by atoms with E-state index in [1.165, 1.54) is 0 Å². The number of nitrogens with one attached hydrogen (secondary N) is 2. The Bertz CT molecular complexity index is 1210. The third kappa shape index (κ3) is 3.96. The average Bonchev–Trinajstić information content (AvgIpc) is 3.44. The highest BCUT2D eigenvalue weighted by Gasteiger charge is 2.77. The molecule has 3 aliphatic heterocycles. The molecule has 8 heteroatoms. The molecule has 2 aromatic rings. The second-order valence-electron chi connectivity index (χ2n) is 10.8. The lowest BCUT2D eigenvalue weighted by atomic mass is 9.66. The predicted octanol–water partition coefficient (Wildman–Crippen LogP) is 4.13. The largest absolute Gasteiger partial charge is 0.394 e. The highest BCUT2D eigenvalue weighted by atomic mass is 32.2. The van der Waals surface area contributed by atoms with Crippen molar-refractivity contribution in [3.05, 3.63) is 59.7 Å². The zero-order valence-electron chi connectivity index (χ0n) is 21.8. The number of aliphatic hydroxyl groups excluding tert-OH is 1. The fourth-order valence-corrected chi connectivity index (χ4v) is 9.16. The first kappa shape index (κ1) is 25.8. The van der Waals surface area contributed by atoms with E-state index in [1.807, 2.05) is 69.3 Å². The smallest absolute Gasteiger partial charge is 0.248 e. The minimum Gasteiger partial charge on any atom is -0.394 e. The summed E-state index contributed by atoms with van der Waals surface area (Å²) in [5.74, 6) is -1.84. The number of thioether (sulfide) groups is 1. The van der Waals surface area contributed by atoms with E-state index in [4.69, 9.17) is 0 Å². The lowest BCUT2D eigenvalue weighted by Crippen LogP contribution is -2.54. The fraction of sp³-hybridized carbons (Fsp3) is 0.483. The van der Waals surface area contributed by atoms with Crippen molar-refractivity contribution in [3.8, 4) is 0 Å². The molecule has 0 aromatic heterocycles. The third-order valence-electron chi connectivity index (χ3n) is 8.59. The average molecular weight is 522 g/mol. The van der Waals surface area contributed by atoms with Crippen molar-refractivity contribution in [2.45, 2.75) is 68.5 Å². The number of aryl methyl sites for hydroxylation is 2. The standard InChI is InChI=1S/C29H35N3O4S/c1-5-20(16-33)32-24(26(35)31-23-17(2)10-9-11-18(23)3)29-15-14-28(4,37-29)21(22(29)27(32)36)25(34)30-19-12-7-6-8-13-19/h6-13,20-22,24,33H,5,14-16H2,1-4H3,(H,30,34)(H,31,35)/t20-,21+,22-,24?,28-,29?/m0/s1. The summed E-state index contributed by atoms with van der Waals surface area (Å²) in [5.41, 5.74) is 3.33. The molecule has 0 aliphatic carbocycles. The number of nitrogens with zero attached hydrogens (tertiary/aromatic N) is 1. The highest BCUT2D eigenvalue weighted by molar-refractivity contribution is 8.02. The van der Waals surface area contributed by atoms with E-state index >= 15 is 0 Å². The van der Waals surface area contributed by atoms with E-state index in [2.05, 4.69) is 17.6 Å². The summed E-state index contributed by atoms with van der Waals surface area (Å²) in [7, 11) is 0. The quantitative estimate of drug-likeness (QED) is 0.509. The molecular formula is C29H35N3O4S. The van der Waals surface area contributed by atoms with Crippen molar-refractivity contribution in [3.63, 3.8) is 0 Å². The van der Waals surface area contributed by atoms with E-state index in [1.54, 1.807) is 16.7 Å². The Kier molecular flexibility index (Phi) is 6.61. The molecule has 0 radical (unpaired) electrons. The van der Waals surface area contributed by atoms with Gasteiger partial charge in [-0.1, -0.05) is 43.3 Å². The molecule has 3 heterocycles. The number of carbonyl (C=O) groups excluding carboxylic acids is 3. The van der Waals surface area contributed by atoms with Crippen LogP contribution < -0.4 is 10.6 Å². The van der Waals surface area contributed by atoms with Gasteiger partial charge in [-0.2, -0.15) is 0 Å². The van der Waals surface area contributed by atoms with Gasteiger partial charge in [-0.3, -0.25) is 14.4 Å². The normalized spacial score (nSPS) is 30.8. The summed E-state index contributed by atoms with van der Waals surface area (Å²) in [6.45, 7) is 7.63. The Balaban J connectivity index is 1.55. The van der Waals surface area contributed by atoms with E-state index in [0.717, 1.165) is 23.2 Å². The van der Waals surface area contributed by atoms with Crippen molar-refractivity contribution in [1.82, 2.24) is 4.90 Å². The number of aliphatic hydroxyl groups is 1. The monoisotopic (exact) mass is 521 g/mol. The van der Waals surface area contributed by atoms with Crippen LogP contribution in [-0.4, -0.2) is 55.9 Å².